The van der Waals surface area contributed by atoms with Gasteiger partial charge in [0.15, 0.2) is 34.3 Å². The lowest BCUT2D eigenvalue weighted by Crippen LogP contribution is -2.37. The number of fused-ring (bicyclic) bond motifs is 2. The minimum atomic E-state index is 0.163. The molecule has 1 aromatic carbocycles. The van der Waals surface area contributed by atoms with Gasteiger partial charge in [-0.3, -0.25) is 0 Å². The van der Waals surface area contributed by atoms with Crippen molar-refractivity contribution in [3.8, 4) is 28.9 Å². The minimum absolute atomic E-state index is 0.163. The number of hydrogen-bond acceptors (Lipinski definition) is 8. The van der Waals surface area contributed by atoms with E-state index in [1.54, 1.807) is 0 Å². The van der Waals surface area contributed by atoms with Gasteiger partial charge in [0.2, 0.25) is 0 Å². The van der Waals surface area contributed by atoms with Gasteiger partial charge in [0.1, 0.15) is 19.0 Å². The Balaban J connectivity index is 1.45. The molecule has 3 aromatic rings. The lowest BCUT2D eigenvalue weighted by molar-refractivity contribution is 0.122. The first-order chi connectivity index (χ1) is 16.7. The summed E-state index contributed by atoms with van der Waals surface area (Å²) in [5.74, 6) is 6.77. The third kappa shape index (κ3) is 3.74. The molecule has 10 heteroatoms. The van der Waals surface area contributed by atoms with Crippen LogP contribution < -0.4 is 14.4 Å². The van der Waals surface area contributed by atoms with Crippen LogP contribution in [0.2, 0.25) is 12.6 Å². The first-order valence-electron chi connectivity index (χ1n) is 12.1. The number of benzene rings is 1. The third-order valence-corrected chi connectivity index (χ3v) is 7.12. The van der Waals surface area contributed by atoms with Crippen LogP contribution in [0.5, 0.6) is 11.5 Å². The molecule has 3 aliphatic heterocycles. The molecule has 3 aliphatic rings. The molecule has 0 unspecified atom stereocenters. The van der Waals surface area contributed by atoms with Gasteiger partial charge >= 0.3 is 0 Å². The second kappa shape index (κ2) is 8.80. The number of morpholine rings is 1. The average molecular weight is 458 g/mol. The van der Waals surface area contributed by atoms with Crippen molar-refractivity contribution in [3.05, 3.63) is 24.0 Å². The van der Waals surface area contributed by atoms with Gasteiger partial charge in [0, 0.05) is 37.6 Å². The monoisotopic (exact) mass is 458 g/mol. The highest BCUT2D eigenvalue weighted by Gasteiger charge is 2.30. The van der Waals surface area contributed by atoms with E-state index in [2.05, 4.69) is 15.4 Å². The van der Waals surface area contributed by atoms with Crippen LogP contribution in [0.4, 0.5) is 5.82 Å². The van der Waals surface area contributed by atoms with Crippen LogP contribution in [0.15, 0.2) is 18.2 Å². The number of rotatable bonds is 3. The van der Waals surface area contributed by atoms with Gasteiger partial charge in [0.25, 0.3) is 6.71 Å². The van der Waals surface area contributed by atoms with Crippen LogP contribution in [0, 0.1) is 11.2 Å². The smallest absolute Gasteiger partial charge is 0.267 e. The molecule has 0 amide bonds. The molecule has 0 aliphatic carbocycles. The molecule has 0 radical (unpaired) electrons. The van der Waals surface area contributed by atoms with Crippen molar-refractivity contribution in [1.82, 2.24) is 19.5 Å². The van der Waals surface area contributed by atoms with Gasteiger partial charge in [-0.2, -0.15) is 0 Å². The quantitative estimate of drug-likeness (QED) is 0.553. The number of aryl methyl sites for hydroxylation is 1. The lowest BCUT2D eigenvalue weighted by Gasteiger charge is -2.28. The molecule has 0 spiro atoms. The first-order valence-corrected chi connectivity index (χ1v) is 12.1. The normalized spacial score (nSPS) is 18.8. The molecule has 2 aromatic heterocycles. The fraction of sp³-hybridized carbons (Fsp3) is 0.500. The Hall–Kier alpha value is -3.32. The molecular weight excluding hydrogens is 431 g/mol. The molecule has 5 heterocycles. The number of imidazole rings is 1. The van der Waals surface area contributed by atoms with Crippen LogP contribution >= 0.6 is 0 Å². The number of nitrogens with zero attached hydrogens (tertiary/aromatic N) is 6. The topological polar surface area (TPSA) is 98.3 Å². The van der Waals surface area contributed by atoms with Crippen molar-refractivity contribution in [2.24, 2.45) is 7.05 Å². The summed E-state index contributed by atoms with van der Waals surface area (Å²) in [6.07, 6.45) is 3.80. The van der Waals surface area contributed by atoms with Gasteiger partial charge in [-0.1, -0.05) is 12.6 Å². The molecule has 2 saturated heterocycles. The lowest BCUT2D eigenvalue weighted by atomic mass is 9.42. The maximum Gasteiger partial charge on any atom is 0.267 e. The van der Waals surface area contributed by atoms with Crippen molar-refractivity contribution in [2.45, 2.75) is 31.4 Å². The predicted octanol–water partition coefficient (Wildman–Crippen LogP) is 3.07. The predicted molar refractivity (Wildman–Crippen MR) is 129 cm³/mol. The molecule has 0 atom stereocenters. The van der Waals surface area contributed by atoms with Gasteiger partial charge in [0.05, 0.1) is 13.2 Å². The minimum Gasteiger partial charge on any atom is -0.486 e. The van der Waals surface area contributed by atoms with E-state index >= 15 is 0 Å². The van der Waals surface area contributed by atoms with Crippen molar-refractivity contribution in [1.29, 1.82) is 5.26 Å². The Morgan fingerprint density at radius 2 is 1.76 bits per heavy atom. The van der Waals surface area contributed by atoms with Crippen LogP contribution in [-0.2, 0) is 11.8 Å². The summed E-state index contributed by atoms with van der Waals surface area (Å²) in [6, 6.07) is 5.87. The molecule has 0 bridgehead atoms. The summed E-state index contributed by atoms with van der Waals surface area (Å²) >= 11 is 0. The second-order valence-electron chi connectivity index (χ2n) is 9.21. The number of aromatic nitrogens is 4. The molecule has 0 saturated carbocycles. The number of anilines is 1. The van der Waals surface area contributed by atoms with E-state index in [0.717, 1.165) is 78.4 Å². The first kappa shape index (κ1) is 21.2. The van der Waals surface area contributed by atoms with Crippen LogP contribution in [-0.4, -0.2) is 65.7 Å². The summed E-state index contributed by atoms with van der Waals surface area (Å²) in [5.41, 5.74) is 2.56. The Morgan fingerprint density at radius 1 is 1.00 bits per heavy atom. The Morgan fingerprint density at radius 3 is 2.53 bits per heavy atom. The van der Waals surface area contributed by atoms with E-state index in [-0.39, 0.29) is 6.71 Å². The standard InChI is InChI=1S/C24H27BN6O3/c1-30-22(16-4-6-25(15-26)7-5-16)27-20-23(30)28-21(29-24(20)31-8-10-32-11-9-31)17-2-3-18-19(14-17)34-13-12-33-18/h2-3,14,16H,4-13H2,1H3. The van der Waals surface area contributed by atoms with Crippen molar-refractivity contribution >= 4 is 23.7 Å². The fourth-order valence-electron chi connectivity index (χ4n) is 5.22. The van der Waals surface area contributed by atoms with Crippen LogP contribution in [0.3, 0.4) is 0 Å². The Kier molecular flexibility index (Phi) is 5.50. The van der Waals surface area contributed by atoms with Crippen LogP contribution in [0.1, 0.15) is 24.6 Å². The highest BCUT2D eigenvalue weighted by molar-refractivity contribution is 6.67. The number of nitriles is 1. The summed E-state index contributed by atoms with van der Waals surface area (Å²) in [6.45, 7) is 4.14. The van der Waals surface area contributed by atoms with Gasteiger partial charge in [-0.05, 0) is 31.0 Å². The van der Waals surface area contributed by atoms with Crippen molar-refractivity contribution in [3.63, 3.8) is 0 Å². The van der Waals surface area contributed by atoms with Crippen LogP contribution in [0.25, 0.3) is 22.6 Å². The fourth-order valence-corrected chi connectivity index (χ4v) is 5.22. The molecule has 9 nitrogen and oxygen atoms in total. The largest absolute Gasteiger partial charge is 0.486 e. The van der Waals surface area contributed by atoms with E-state index in [0.29, 0.717) is 38.2 Å². The maximum atomic E-state index is 9.29. The van der Waals surface area contributed by atoms with E-state index in [9.17, 15) is 5.26 Å². The maximum absolute atomic E-state index is 9.29. The summed E-state index contributed by atoms with van der Waals surface area (Å²) in [7, 11) is 2.05. The molecule has 6 rings (SSSR count). The van der Waals surface area contributed by atoms with Gasteiger partial charge in [-0.25, -0.2) is 20.2 Å². The van der Waals surface area contributed by atoms with Crippen molar-refractivity contribution in [2.75, 3.05) is 44.4 Å². The SMILES string of the molecule is Cn1c(C2CCB(C#N)CC2)nc2c(N3CCOCC3)nc(-c3ccc4c(c3)OCCO4)nc21. The highest BCUT2D eigenvalue weighted by Crippen LogP contribution is 2.38. The molecular formula is C24H27BN6O3. The van der Waals surface area contributed by atoms with E-state index in [4.69, 9.17) is 29.2 Å². The highest BCUT2D eigenvalue weighted by atomic mass is 16.6. The third-order valence-electron chi connectivity index (χ3n) is 7.12. The molecule has 174 valence electrons. The zero-order chi connectivity index (χ0) is 23.1. The Bertz CT molecular complexity index is 1260. The molecule has 34 heavy (non-hydrogen) atoms. The van der Waals surface area contributed by atoms with Gasteiger partial charge < -0.3 is 23.7 Å². The summed E-state index contributed by atoms with van der Waals surface area (Å²) in [5, 5.41) is 9.29. The zero-order valence-electron chi connectivity index (χ0n) is 19.4. The Labute approximate surface area is 198 Å². The summed E-state index contributed by atoms with van der Waals surface area (Å²) in [4.78, 5) is 17.3. The van der Waals surface area contributed by atoms with E-state index in [1.807, 2.05) is 25.2 Å². The number of ether oxygens (including phenoxy) is 3. The average Bonchev–Trinajstić information content (AvgIpc) is 3.24. The second-order valence-corrected chi connectivity index (χ2v) is 9.21. The van der Waals surface area contributed by atoms with Gasteiger partial charge in [-0.15, -0.1) is 0 Å². The molecule has 2 fully saturated rings. The molecule has 0 N–H and O–H groups in total. The van der Waals surface area contributed by atoms with E-state index in [1.165, 1.54) is 0 Å². The summed E-state index contributed by atoms with van der Waals surface area (Å²) < 4.78 is 19.2. The van der Waals surface area contributed by atoms with Crippen molar-refractivity contribution < 1.29 is 14.2 Å². The number of hydrogen-bond donors (Lipinski definition) is 0. The van der Waals surface area contributed by atoms with E-state index < -0.39 is 0 Å². The zero-order valence-corrected chi connectivity index (χ0v) is 19.4.